The molecule has 0 amide bonds. The van der Waals surface area contributed by atoms with Crippen LogP contribution in [0.25, 0.3) is 0 Å². The van der Waals surface area contributed by atoms with E-state index in [0.29, 0.717) is 6.61 Å². The first-order chi connectivity index (χ1) is 5.79. The highest BCUT2D eigenvalue weighted by atomic mass is 16.5. The zero-order chi connectivity index (χ0) is 8.97. The molecule has 0 saturated heterocycles. The minimum absolute atomic E-state index is 0.675. The Hall–Kier alpha value is -0.740. The molecule has 0 saturated carbocycles. The first kappa shape index (κ1) is 9.35. The summed E-state index contributed by atoms with van der Waals surface area (Å²) in [6, 6.07) is 0. The second kappa shape index (κ2) is 4.33. The summed E-state index contributed by atoms with van der Waals surface area (Å²) in [5.74, 6) is 0. The van der Waals surface area contributed by atoms with Gasteiger partial charge < -0.3 is 15.0 Å². The fourth-order valence-corrected chi connectivity index (χ4v) is 1.34. The van der Waals surface area contributed by atoms with Crippen LogP contribution < -0.4 is 10.6 Å². The summed E-state index contributed by atoms with van der Waals surface area (Å²) in [7, 11) is 5.71. The first-order valence-corrected chi connectivity index (χ1v) is 4.10. The van der Waals surface area contributed by atoms with E-state index >= 15 is 0 Å². The minimum atomic E-state index is 0.675. The maximum atomic E-state index is 5.12. The van der Waals surface area contributed by atoms with E-state index < -0.39 is 0 Å². The molecular weight excluding hydrogens is 154 g/mol. The Morgan fingerprint density at radius 3 is 3.00 bits per heavy atom. The van der Waals surface area contributed by atoms with E-state index in [-0.39, 0.29) is 0 Å². The fraction of sp³-hybridized carbons (Fsp3) is 0.750. The first-order valence-electron chi connectivity index (χ1n) is 4.10. The highest BCUT2D eigenvalue weighted by molar-refractivity contribution is 5.15. The van der Waals surface area contributed by atoms with Gasteiger partial charge in [-0.1, -0.05) is 0 Å². The van der Waals surface area contributed by atoms with E-state index in [9.17, 15) is 0 Å². The Kier molecular flexibility index (Phi) is 3.37. The van der Waals surface area contributed by atoms with Crippen LogP contribution in [0.2, 0.25) is 0 Å². The number of hydrogen-bond acceptors (Lipinski definition) is 4. The van der Waals surface area contributed by atoms with E-state index in [1.807, 2.05) is 7.05 Å². The van der Waals surface area contributed by atoms with E-state index in [0.717, 1.165) is 13.2 Å². The standard InChI is InChI=1S/C8H17N3O/c1-9-7-4-10-6-11(2)8(7)5-12-3/h9-10H,4-6H2,1-3H3. The molecule has 70 valence electrons. The number of hydrogen-bond donors (Lipinski definition) is 2. The molecule has 0 unspecified atom stereocenters. The quantitative estimate of drug-likeness (QED) is 0.603. The van der Waals surface area contributed by atoms with Crippen LogP contribution in [0.4, 0.5) is 0 Å². The van der Waals surface area contributed by atoms with Gasteiger partial charge in [0.05, 0.1) is 19.0 Å². The third kappa shape index (κ3) is 1.89. The largest absolute Gasteiger partial charge is 0.389 e. The van der Waals surface area contributed by atoms with Crippen LogP contribution in [-0.2, 0) is 4.74 Å². The number of methoxy groups -OCH3 is 1. The predicted molar refractivity (Wildman–Crippen MR) is 48.6 cm³/mol. The van der Waals surface area contributed by atoms with Crippen LogP contribution in [0.5, 0.6) is 0 Å². The van der Waals surface area contributed by atoms with Crippen molar-refractivity contribution in [3.05, 3.63) is 11.4 Å². The van der Waals surface area contributed by atoms with Crippen molar-refractivity contribution in [1.82, 2.24) is 15.5 Å². The molecule has 1 rings (SSSR count). The van der Waals surface area contributed by atoms with Gasteiger partial charge in [0.15, 0.2) is 0 Å². The molecule has 0 aromatic rings. The normalized spacial score (nSPS) is 18.4. The smallest absolute Gasteiger partial charge is 0.0879 e. The van der Waals surface area contributed by atoms with Gasteiger partial charge in [-0.25, -0.2) is 0 Å². The molecule has 0 aromatic heterocycles. The van der Waals surface area contributed by atoms with Crippen LogP contribution in [-0.4, -0.2) is 45.9 Å². The van der Waals surface area contributed by atoms with Gasteiger partial charge in [-0.05, 0) is 0 Å². The lowest BCUT2D eigenvalue weighted by atomic mass is 10.2. The highest BCUT2D eigenvalue weighted by Gasteiger charge is 2.14. The van der Waals surface area contributed by atoms with E-state index in [1.165, 1.54) is 11.4 Å². The van der Waals surface area contributed by atoms with Crippen molar-refractivity contribution in [3.8, 4) is 0 Å². The topological polar surface area (TPSA) is 36.5 Å². The van der Waals surface area contributed by atoms with Gasteiger partial charge in [0.25, 0.3) is 0 Å². The molecule has 0 aromatic carbocycles. The molecule has 0 fully saturated rings. The van der Waals surface area contributed by atoms with Crippen molar-refractivity contribution in [3.63, 3.8) is 0 Å². The number of nitrogens with zero attached hydrogens (tertiary/aromatic N) is 1. The Bertz CT molecular complexity index is 179. The van der Waals surface area contributed by atoms with E-state index in [1.54, 1.807) is 7.11 Å². The van der Waals surface area contributed by atoms with Gasteiger partial charge in [0, 0.05) is 33.4 Å². The molecule has 0 spiro atoms. The summed E-state index contributed by atoms with van der Waals surface area (Å²) < 4.78 is 5.12. The average molecular weight is 171 g/mol. The van der Waals surface area contributed by atoms with E-state index in [4.69, 9.17) is 4.74 Å². The Labute approximate surface area is 73.6 Å². The Balaban J connectivity index is 2.72. The van der Waals surface area contributed by atoms with Gasteiger partial charge in [-0.15, -0.1) is 0 Å². The van der Waals surface area contributed by atoms with Gasteiger partial charge in [-0.2, -0.15) is 0 Å². The molecule has 1 aliphatic heterocycles. The van der Waals surface area contributed by atoms with Crippen LogP contribution in [0.1, 0.15) is 0 Å². The molecule has 0 bridgehead atoms. The lowest BCUT2D eigenvalue weighted by Gasteiger charge is -2.30. The minimum Gasteiger partial charge on any atom is -0.389 e. The molecule has 0 aliphatic carbocycles. The fourth-order valence-electron chi connectivity index (χ4n) is 1.34. The molecule has 12 heavy (non-hydrogen) atoms. The van der Waals surface area contributed by atoms with Gasteiger partial charge in [0.1, 0.15) is 0 Å². The number of nitrogens with one attached hydrogen (secondary N) is 2. The molecular formula is C8H17N3O. The molecule has 1 aliphatic rings. The maximum Gasteiger partial charge on any atom is 0.0879 e. The summed E-state index contributed by atoms with van der Waals surface area (Å²) in [4.78, 5) is 2.15. The molecule has 0 radical (unpaired) electrons. The number of ether oxygens (including phenoxy) is 1. The predicted octanol–water partition coefficient (Wildman–Crippen LogP) is -0.444. The summed E-state index contributed by atoms with van der Waals surface area (Å²) in [6.45, 7) is 2.47. The van der Waals surface area contributed by atoms with Crippen LogP contribution in [0.3, 0.4) is 0 Å². The summed E-state index contributed by atoms with van der Waals surface area (Å²) in [6.07, 6.45) is 0. The Morgan fingerprint density at radius 1 is 1.67 bits per heavy atom. The number of likely N-dealkylation sites (N-methyl/N-ethyl adjacent to an activating group) is 2. The zero-order valence-electron chi connectivity index (χ0n) is 7.98. The van der Waals surface area contributed by atoms with Crippen molar-refractivity contribution >= 4 is 0 Å². The molecule has 0 atom stereocenters. The number of rotatable bonds is 3. The van der Waals surface area contributed by atoms with Crippen molar-refractivity contribution in [2.45, 2.75) is 0 Å². The van der Waals surface area contributed by atoms with Crippen LogP contribution in [0.15, 0.2) is 11.4 Å². The van der Waals surface area contributed by atoms with Gasteiger partial charge in [0.2, 0.25) is 0 Å². The van der Waals surface area contributed by atoms with E-state index in [2.05, 4.69) is 22.6 Å². The highest BCUT2D eigenvalue weighted by Crippen LogP contribution is 2.09. The Morgan fingerprint density at radius 2 is 2.42 bits per heavy atom. The summed E-state index contributed by atoms with van der Waals surface area (Å²) in [5.41, 5.74) is 2.45. The van der Waals surface area contributed by atoms with Crippen LogP contribution >= 0.6 is 0 Å². The maximum absolute atomic E-state index is 5.12. The second-order valence-corrected chi connectivity index (χ2v) is 2.89. The lowest BCUT2D eigenvalue weighted by molar-refractivity contribution is 0.186. The van der Waals surface area contributed by atoms with Crippen LogP contribution in [0, 0.1) is 0 Å². The summed E-state index contributed by atoms with van der Waals surface area (Å²) in [5, 5.41) is 6.44. The molecule has 4 nitrogen and oxygen atoms in total. The lowest BCUT2D eigenvalue weighted by Crippen LogP contribution is -2.42. The van der Waals surface area contributed by atoms with Crippen molar-refractivity contribution in [2.75, 3.05) is 41.0 Å². The molecule has 2 N–H and O–H groups in total. The zero-order valence-corrected chi connectivity index (χ0v) is 7.98. The third-order valence-corrected chi connectivity index (χ3v) is 2.04. The van der Waals surface area contributed by atoms with Gasteiger partial charge in [-0.3, -0.25) is 5.32 Å². The summed E-state index contributed by atoms with van der Waals surface area (Å²) >= 11 is 0. The van der Waals surface area contributed by atoms with Crippen molar-refractivity contribution in [2.24, 2.45) is 0 Å². The van der Waals surface area contributed by atoms with Gasteiger partial charge >= 0.3 is 0 Å². The molecule has 4 heteroatoms. The van der Waals surface area contributed by atoms with Crippen molar-refractivity contribution < 1.29 is 4.74 Å². The third-order valence-electron chi connectivity index (χ3n) is 2.04. The molecule has 1 heterocycles. The van der Waals surface area contributed by atoms with Crippen molar-refractivity contribution in [1.29, 1.82) is 0 Å². The monoisotopic (exact) mass is 171 g/mol. The SMILES string of the molecule is CNC1=C(COC)N(C)CNC1. The second-order valence-electron chi connectivity index (χ2n) is 2.89. The average Bonchev–Trinajstić information content (AvgIpc) is 2.09.